The Kier molecular flexibility index (Phi) is 3.45. The van der Waals surface area contributed by atoms with E-state index in [9.17, 15) is 17.6 Å². The van der Waals surface area contributed by atoms with Crippen molar-refractivity contribution < 1.29 is 22.7 Å². The molecule has 0 aliphatic rings. The lowest BCUT2D eigenvalue weighted by atomic mass is 10.2. The van der Waals surface area contributed by atoms with Gasteiger partial charge in [0.2, 0.25) is 5.03 Å². The van der Waals surface area contributed by atoms with E-state index in [1.165, 1.54) is 19.2 Å². The Hall–Kier alpha value is -2.42. The average molecular weight is 299 g/mol. The summed E-state index contributed by atoms with van der Waals surface area (Å²) in [5.74, 6) is -2.33. The van der Waals surface area contributed by atoms with Gasteiger partial charge < -0.3 is 10.1 Å². The Balaban J connectivity index is 2.45. The molecular formula is C11H10FN3O4S. The largest absolute Gasteiger partial charge is 0.478 e. The summed E-state index contributed by atoms with van der Waals surface area (Å²) >= 11 is 0. The molecule has 106 valence electrons. The molecule has 2 rings (SSSR count). The predicted molar refractivity (Wildman–Crippen MR) is 67.5 cm³/mol. The quantitative estimate of drug-likeness (QED) is 0.789. The number of carbonyl (C=O) groups is 1. The predicted octanol–water partition coefficient (Wildman–Crippen LogP) is 1.36. The number of aryl methyl sites for hydroxylation is 1. The van der Waals surface area contributed by atoms with Crippen molar-refractivity contribution in [1.82, 2.24) is 9.97 Å². The Bertz CT molecular complexity index is 770. The van der Waals surface area contributed by atoms with Gasteiger partial charge in [-0.15, -0.1) is 0 Å². The van der Waals surface area contributed by atoms with Crippen LogP contribution in [-0.4, -0.2) is 29.5 Å². The van der Waals surface area contributed by atoms with Crippen LogP contribution in [0.15, 0.2) is 29.6 Å². The van der Waals surface area contributed by atoms with Gasteiger partial charge in [-0.05, 0) is 19.1 Å². The first-order valence-electron chi connectivity index (χ1n) is 5.37. The van der Waals surface area contributed by atoms with Crippen molar-refractivity contribution in [2.24, 2.45) is 0 Å². The maximum absolute atomic E-state index is 13.4. The van der Waals surface area contributed by atoms with E-state index < -0.39 is 26.8 Å². The fraction of sp³-hybridized carbons (Fsp3) is 0.0909. The van der Waals surface area contributed by atoms with Gasteiger partial charge in [0.05, 0.1) is 5.69 Å². The lowest BCUT2D eigenvalue weighted by Crippen LogP contribution is -2.17. The number of aromatic amines is 1. The van der Waals surface area contributed by atoms with Gasteiger partial charge in [0.15, 0.2) is 5.82 Å². The zero-order valence-electron chi connectivity index (χ0n) is 10.2. The molecule has 0 aromatic carbocycles. The molecule has 0 radical (unpaired) electrons. The highest BCUT2D eigenvalue weighted by Crippen LogP contribution is 2.22. The molecule has 0 amide bonds. The van der Waals surface area contributed by atoms with Gasteiger partial charge in [-0.25, -0.2) is 14.2 Å². The SMILES string of the molecule is Cc1[nH]cc(NS(=O)(=O)c2ncccc2F)c1C(=O)O. The van der Waals surface area contributed by atoms with E-state index in [0.29, 0.717) is 0 Å². The maximum Gasteiger partial charge on any atom is 0.339 e. The molecule has 2 heterocycles. The third-order valence-electron chi connectivity index (χ3n) is 2.51. The van der Waals surface area contributed by atoms with Gasteiger partial charge in [-0.2, -0.15) is 8.42 Å². The molecule has 0 aliphatic carbocycles. The van der Waals surface area contributed by atoms with E-state index in [1.807, 2.05) is 4.72 Å². The number of H-pyrrole nitrogens is 1. The number of pyridine rings is 1. The lowest BCUT2D eigenvalue weighted by molar-refractivity contribution is 0.0697. The van der Waals surface area contributed by atoms with E-state index in [1.54, 1.807) is 0 Å². The van der Waals surface area contributed by atoms with Crippen molar-refractivity contribution in [2.45, 2.75) is 11.9 Å². The number of aromatic carboxylic acids is 1. The van der Waals surface area contributed by atoms with E-state index in [0.717, 1.165) is 12.3 Å². The van der Waals surface area contributed by atoms with Gasteiger partial charge in [0, 0.05) is 18.1 Å². The number of aromatic nitrogens is 2. The van der Waals surface area contributed by atoms with Gasteiger partial charge in [0.1, 0.15) is 5.56 Å². The summed E-state index contributed by atoms with van der Waals surface area (Å²) < 4.78 is 39.4. The van der Waals surface area contributed by atoms with Crippen LogP contribution in [0, 0.1) is 12.7 Å². The first-order chi connectivity index (χ1) is 9.33. The monoisotopic (exact) mass is 299 g/mol. The third kappa shape index (κ3) is 2.48. The van der Waals surface area contributed by atoms with Crippen LogP contribution >= 0.6 is 0 Å². The number of hydrogen-bond donors (Lipinski definition) is 3. The highest BCUT2D eigenvalue weighted by molar-refractivity contribution is 7.92. The highest BCUT2D eigenvalue weighted by atomic mass is 32.2. The fourth-order valence-electron chi connectivity index (χ4n) is 1.64. The lowest BCUT2D eigenvalue weighted by Gasteiger charge is -2.07. The molecule has 20 heavy (non-hydrogen) atoms. The zero-order chi connectivity index (χ0) is 14.9. The van der Waals surface area contributed by atoms with Crippen LogP contribution in [0.3, 0.4) is 0 Å². The van der Waals surface area contributed by atoms with Crippen molar-refractivity contribution >= 4 is 21.7 Å². The molecule has 0 unspecified atom stereocenters. The summed E-state index contributed by atoms with van der Waals surface area (Å²) in [6.45, 7) is 1.47. The summed E-state index contributed by atoms with van der Waals surface area (Å²) in [7, 11) is -4.31. The second-order valence-electron chi connectivity index (χ2n) is 3.90. The summed E-state index contributed by atoms with van der Waals surface area (Å²) in [6, 6.07) is 2.19. The Morgan fingerprint density at radius 1 is 1.50 bits per heavy atom. The summed E-state index contributed by atoms with van der Waals surface area (Å²) in [6.07, 6.45) is 2.30. The van der Waals surface area contributed by atoms with Crippen molar-refractivity contribution in [3.8, 4) is 0 Å². The van der Waals surface area contributed by atoms with Crippen LogP contribution in [0.1, 0.15) is 16.1 Å². The molecule has 0 aliphatic heterocycles. The second-order valence-corrected chi connectivity index (χ2v) is 5.50. The smallest absolute Gasteiger partial charge is 0.339 e. The van der Waals surface area contributed by atoms with Crippen molar-refractivity contribution in [2.75, 3.05) is 4.72 Å². The van der Waals surface area contributed by atoms with Gasteiger partial charge in [-0.3, -0.25) is 4.72 Å². The summed E-state index contributed by atoms with van der Waals surface area (Å²) in [5, 5.41) is 8.22. The minimum atomic E-state index is -4.31. The van der Waals surface area contributed by atoms with Crippen LogP contribution < -0.4 is 4.72 Å². The molecule has 0 fully saturated rings. The first kappa shape index (κ1) is 14.0. The number of carboxylic acid groups (broad SMARTS) is 1. The molecule has 3 N–H and O–H groups in total. The molecule has 2 aromatic heterocycles. The van der Waals surface area contributed by atoms with Crippen LogP contribution in [0.4, 0.5) is 10.1 Å². The molecular weight excluding hydrogens is 289 g/mol. The summed E-state index contributed by atoms with van der Waals surface area (Å²) in [4.78, 5) is 17.1. The fourth-order valence-corrected chi connectivity index (χ4v) is 2.72. The van der Waals surface area contributed by atoms with E-state index in [-0.39, 0.29) is 16.9 Å². The van der Waals surface area contributed by atoms with Gasteiger partial charge in [0.25, 0.3) is 10.0 Å². The van der Waals surface area contributed by atoms with Crippen LogP contribution in [-0.2, 0) is 10.0 Å². The standard InChI is InChI=1S/C11H10FN3O4S/c1-6-9(11(16)17)8(5-14-6)15-20(18,19)10-7(12)3-2-4-13-10/h2-5,14-15H,1H3,(H,16,17). The van der Waals surface area contributed by atoms with Crippen LogP contribution in [0.25, 0.3) is 0 Å². The molecule has 0 saturated heterocycles. The minimum absolute atomic E-state index is 0.181. The molecule has 2 aromatic rings. The number of anilines is 1. The zero-order valence-corrected chi connectivity index (χ0v) is 11.0. The third-order valence-corrected chi connectivity index (χ3v) is 3.81. The van der Waals surface area contributed by atoms with Crippen molar-refractivity contribution in [1.29, 1.82) is 0 Å². The van der Waals surface area contributed by atoms with Gasteiger partial charge in [-0.1, -0.05) is 0 Å². The Morgan fingerprint density at radius 3 is 2.80 bits per heavy atom. The number of carboxylic acids is 1. The Morgan fingerprint density at radius 2 is 2.20 bits per heavy atom. The molecule has 0 saturated carbocycles. The minimum Gasteiger partial charge on any atom is -0.478 e. The van der Waals surface area contributed by atoms with E-state index in [2.05, 4.69) is 9.97 Å². The highest BCUT2D eigenvalue weighted by Gasteiger charge is 2.24. The van der Waals surface area contributed by atoms with E-state index in [4.69, 9.17) is 5.11 Å². The Labute approximate surface area is 113 Å². The van der Waals surface area contributed by atoms with Crippen LogP contribution in [0.2, 0.25) is 0 Å². The number of nitrogens with zero attached hydrogens (tertiary/aromatic N) is 1. The molecule has 0 spiro atoms. The number of halogens is 1. The van der Waals surface area contributed by atoms with Crippen molar-refractivity contribution in [3.63, 3.8) is 0 Å². The average Bonchev–Trinajstić information content (AvgIpc) is 2.70. The molecule has 0 bridgehead atoms. The number of nitrogens with one attached hydrogen (secondary N) is 2. The maximum atomic E-state index is 13.4. The molecule has 7 nitrogen and oxygen atoms in total. The normalized spacial score (nSPS) is 11.3. The second kappa shape index (κ2) is 4.93. The summed E-state index contributed by atoms with van der Waals surface area (Å²) in [5.41, 5.74) is -0.137. The van der Waals surface area contributed by atoms with Gasteiger partial charge >= 0.3 is 5.97 Å². The number of rotatable bonds is 4. The molecule has 9 heteroatoms. The molecule has 0 atom stereocenters. The number of hydrogen-bond acceptors (Lipinski definition) is 4. The number of sulfonamides is 1. The first-order valence-corrected chi connectivity index (χ1v) is 6.86. The van der Waals surface area contributed by atoms with E-state index >= 15 is 0 Å². The topological polar surface area (TPSA) is 112 Å². The van der Waals surface area contributed by atoms with Crippen molar-refractivity contribution in [3.05, 3.63) is 41.6 Å². The van der Waals surface area contributed by atoms with Crippen LogP contribution in [0.5, 0.6) is 0 Å².